The molecular weight excluding hydrogens is 347 g/mol. The van der Waals surface area contributed by atoms with Gasteiger partial charge in [0.1, 0.15) is 5.82 Å². The van der Waals surface area contributed by atoms with Crippen molar-refractivity contribution >= 4 is 5.91 Å². The quantitative estimate of drug-likeness (QED) is 0.719. The van der Waals surface area contributed by atoms with Crippen molar-refractivity contribution in [3.8, 4) is 0 Å². The second kappa shape index (κ2) is 7.78. The van der Waals surface area contributed by atoms with Crippen LogP contribution in [0.1, 0.15) is 47.6 Å². The van der Waals surface area contributed by atoms with Crippen LogP contribution in [0.5, 0.6) is 0 Å². The molecule has 0 aliphatic heterocycles. The van der Waals surface area contributed by atoms with Gasteiger partial charge in [0.15, 0.2) is 5.69 Å². The van der Waals surface area contributed by atoms with Gasteiger partial charge in [-0.25, -0.2) is 4.39 Å². The number of hydrogen-bond donors (Lipinski definition) is 3. The topological polar surface area (TPSA) is 79.2 Å². The number of rotatable bonds is 6. The third-order valence-corrected chi connectivity index (χ3v) is 5.06. The van der Waals surface area contributed by atoms with Crippen LogP contribution < -0.4 is 10.6 Å². The summed E-state index contributed by atoms with van der Waals surface area (Å²) in [6.45, 7) is 4.07. The Hall–Kier alpha value is -2.25. The minimum absolute atomic E-state index is 0.0411. The van der Waals surface area contributed by atoms with Crippen molar-refractivity contribution in [3.63, 3.8) is 0 Å². The molecule has 0 saturated heterocycles. The van der Waals surface area contributed by atoms with Gasteiger partial charge in [0, 0.05) is 42.0 Å². The predicted octanol–water partition coefficient (Wildman–Crippen LogP) is 1.71. The molecule has 1 heterocycles. The highest BCUT2D eigenvalue weighted by atomic mass is 19.1. The molecule has 3 rings (SSSR count). The van der Waals surface area contributed by atoms with Crippen molar-refractivity contribution in [1.82, 2.24) is 20.4 Å². The highest BCUT2D eigenvalue weighted by Gasteiger charge is 2.30. The fourth-order valence-electron chi connectivity index (χ4n) is 3.59. The van der Waals surface area contributed by atoms with E-state index in [0.717, 1.165) is 24.1 Å². The zero-order valence-corrected chi connectivity index (χ0v) is 16.1. The van der Waals surface area contributed by atoms with Gasteiger partial charge in [0.2, 0.25) is 0 Å². The summed E-state index contributed by atoms with van der Waals surface area (Å²) in [5, 5.41) is 20.1. The lowest BCUT2D eigenvalue weighted by Crippen LogP contribution is -2.50. The molecule has 1 aromatic heterocycles. The third-order valence-electron chi connectivity index (χ3n) is 5.06. The first-order valence-corrected chi connectivity index (χ1v) is 9.25. The monoisotopic (exact) mass is 374 g/mol. The maximum Gasteiger partial charge on any atom is 0.272 e. The summed E-state index contributed by atoms with van der Waals surface area (Å²) in [5.41, 5.74) is 2.46. The maximum absolute atomic E-state index is 13.8. The van der Waals surface area contributed by atoms with Crippen LogP contribution in [0.25, 0.3) is 0 Å². The normalized spacial score (nSPS) is 16.9. The Morgan fingerprint density at radius 3 is 2.85 bits per heavy atom. The van der Waals surface area contributed by atoms with E-state index in [1.54, 1.807) is 22.9 Å². The average molecular weight is 374 g/mol. The van der Waals surface area contributed by atoms with Crippen molar-refractivity contribution in [2.24, 2.45) is 7.05 Å². The number of aromatic nitrogens is 2. The number of aliphatic hydroxyl groups excluding tert-OH is 1. The molecule has 27 heavy (non-hydrogen) atoms. The molecule has 1 atom stereocenters. The zero-order chi connectivity index (χ0) is 19.6. The molecule has 7 heteroatoms. The molecule has 0 bridgehead atoms. The molecule has 0 fully saturated rings. The summed E-state index contributed by atoms with van der Waals surface area (Å²) in [5.74, 6) is -0.631. The molecule has 0 saturated carbocycles. The standard InChI is InChI=1S/C20H27FN4O2/c1-20(2,12-26)23-14-8-9-17-15(10-14)18(24-25(17)3)19(27)22-11-13-6-4-5-7-16(13)21/h4-7,14,23,26H,8-12H2,1-3H3,(H,22,27). The SMILES string of the molecule is Cn1nc(C(=O)NCc2ccccc2F)c2c1CCC(NC(C)(C)CO)C2. The Labute approximate surface area is 158 Å². The molecule has 146 valence electrons. The number of amides is 1. The van der Waals surface area contributed by atoms with E-state index in [9.17, 15) is 14.3 Å². The average Bonchev–Trinajstić information content (AvgIpc) is 2.97. The second-order valence-electron chi connectivity index (χ2n) is 7.80. The highest BCUT2D eigenvalue weighted by Crippen LogP contribution is 2.25. The Morgan fingerprint density at radius 2 is 2.15 bits per heavy atom. The van der Waals surface area contributed by atoms with Crippen molar-refractivity contribution in [2.45, 2.75) is 51.2 Å². The van der Waals surface area contributed by atoms with E-state index in [2.05, 4.69) is 15.7 Å². The molecule has 1 unspecified atom stereocenters. The first kappa shape index (κ1) is 19.5. The number of nitrogens with one attached hydrogen (secondary N) is 2. The van der Waals surface area contributed by atoms with Crippen molar-refractivity contribution in [3.05, 3.63) is 52.6 Å². The number of benzene rings is 1. The predicted molar refractivity (Wildman–Crippen MR) is 101 cm³/mol. The number of fused-ring (bicyclic) bond motifs is 1. The van der Waals surface area contributed by atoms with Gasteiger partial charge in [-0.1, -0.05) is 18.2 Å². The molecule has 3 N–H and O–H groups in total. The van der Waals surface area contributed by atoms with Crippen LogP contribution in [0.3, 0.4) is 0 Å². The minimum atomic E-state index is -0.377. The molecule has 1 aliphatic rings. The molecule has 0 spiro atoms. The molecule has 0 radical (unpaired) electrons. The van der Waals surface area contributed by atoms with Gasteiger partial charge in [0.05, 0.1) is 6.61 Å². The van der Waals surface area contributed by atoms with E-state index in [1.807, 2.05) is 20.9 Å². The fraction of sp³-hybridized carbons (Fsp3) is 0.500. The van der Waals surface area contributed by atoms with Crippen LogP contribution >= 0.6 is 0 Å². The lowest BCUT2D eigenvalue weighted by molar-refractivity contribution is 0.0943. The van der Waals surface area contributed by atoms with Crippen molar-refractivity contribution < 1.29 is 14.3 Å². The summed E-state index contributed by atoms with van der Waals surface area (Å²) in [4.78, 5) is 12.7. The van der Waals surface area contributed by atoms with E-state index in [4.69, 9.17) is 0 Å². The molecule has 2 aromatic rings. The van der Waals surface area contributed by atoms with Crippen LogP contribution in [-0.2, 0) is 26.4 Å². The van der Waals surface area contributed by atoms with Gasteiger partial charge < -0.3 is 15.7 Å². The Morgan fingerprint density at radius 1 is 1.41 bits per heavy atom. The molecular formula is C20H27FN4O2. The molecule has 1 aliphatic carbocycles. The largest absolute Gasteiger partial charge is 0.394 e. The Bertz CT molecular complexity index is 831. The number of nitrogens with zero attached hydrogens (tertiary/aromatic N) is 2. The number of carbonyl (C=O) groups is 1. The Balaban J connectivity index is 1.74. The summed E-state index contributed by atoms with van der Waals surface area (Å²) in [7, 11) is 1.85. The van der Waals surface area contributed by atoms with E-state index in [1.165, 1.54) is 6.07 Å². The van der Waals surface area contributed by atoms with Crippen LogP contribution in [0.15, 0.2) is 24.3 Å². The molecule has 6 nitrogen and oxygen atoms in total. The van der Waals surface area contributed by atoms with Crippen LogP contribution in [0, 0.1) is 5.82 Å². The van der Waals surface area contributed by atoms with Gasteiger partial charge in [0.25, 0.3) is 5.91 Å². The van der Waals surface area contributed by atoms with Crippen molar-refractivity contribution in [1.29, 1.82) is 0 Å². The van der Waals surface area contributed by atoms with Crippen molar-refractivity contribution in [2.75, 3.05) is 6.61 Å². The summed E-state index contributed by atoms with van der Waals surface area (Å²) in [6.07, 6.45) is 2.42. The fourth-order valence-corrected chi connectivity index (χ4v) is 3.59. The number of carbonyl (C=O) groups excluding carboxylic acids is 1. The van der Waals surface area contributed by atoms with Crippen LogP contribution in [0.2, 0.25) is 0 Å². The van der Waals surface area contributed by atoms with E-state index in [-0.39, 0.29) is 36.5 Å². The van der Waals surface area contributed by atoms with Gasteiger partial charge in [-0.2, -0.15) is 5.10 Å². The first-order valence-electron chi connectivity index (χ1n) is 9.25. The van der Waals surface area contributed by atoms with E-state index >= 15 is 0 Å². The van der Waals surface area contributed by atoms with Crippen LogP contribution in [-0.4, -0.2) is 39.0 Å². The maximum atomic E-state index is 13.8. The van der Waals surface area contributed by atoms with Crippen LogP contribution in [0.4, 0.5) is 4.39 Å². The van der Waals surface area contributed by atoms with Gasteiger partial charge in [-0.15, -0.1) is 0 Å². The summed E-state index contributed by atoms with van der Waals surface area (Å²) in [6, 6.07) is 6.56. The Kier molecular flexibility index (Phi) is 5.62. The second-order valence-corrected chi connectivity index (χ2v) is 7.80. The summed E-state index contributed by atoms with van der Waals surface area (Å²) >= 11 is 0. The summed E-state index contributed by atoms with van der Waals surface area (Å²) < 4.78 is 15.5. The number of aryl methyl sites for hydroxylation is 1. The highest BCUT2D eigenvalue weighted by molar-refractivity contribution is 5.94. The first-order chi connectivity index (χ1) is 12.8. The smallest absolute Gasteiger partial charge is 0.272 e. The number of aliphatic hydroxyl groups is 1. The number of hydrogen-bond acceptors (Lipinski definition) is 4. The van der Waals surface area contributed by atoms with Gasteiger partial charge >= 0.3 is 0 Å². The number of halogens is 1. The lowest BCUT2D eigenvalue weighted by atomic mass is 9.89. The van der Waals surface area contributed by atoms with E-state index < -0.39 is 0 Å². The van der Waals surface area contributed by atoms with Gasteiger partial charge in [-0.3, -0.25) is 9.48 Å². The third kappa shape index (κ3) is 4.36. The lowest BCUT2D eigenvalue weighted by Gasteiger charge is -2.32. The minimum Gasteiger partial charge on any atom is -0.394 e. The van der Waals surface area contributed by atoms with E-state index in [0.29, 0.717) is 17.7 Å². The zero-order valence-electron chi connectivity index (χ0n) is 16.1. The molecule has 1 aromatic carbocycles. The van der Waals surface area contributed by atoms with Gasteiger partial charge in [-0.05, 0) is 39.2 Å². The molecule has 1 amide bonds.